The SMILES string of the molecule is O=C1CCC(N2C(=O)c3cccc(OCC(=O)NC4CC4)c3C2=O)C(=O)N1. The fourth-order valence-corrected chi connectivity index (χ4v) is 3.24. The zero-order chi connectivity index (χ0) is 19.1. The smallest absolute Gasteiger partial charge is 0.266 e. The van der Waals surface area contributed by atoms with Crippen LogP contribution in [0, 0.1) is 0 Å². The van der Waals surface area contributed by atoms with Crippen LogP contribution < -0.4 is 15.4 Å². The molecule has 9 heteroatoms. The topological polar surface area (TPSA) is 122 Å². The van der Waals surface area contributed by atoms with Crippen molar-refractivity contribution >= 4 is 29.5 Å². The van der Waals surface area contributed by atoms with Crippen molar-refractivity contribution in [1.29, 1.82) is 0 Å². The van der Waals surface area contributed by atoms with Crippen molar-refractivity contribution in [3.05, 3.63) is 29.3 Å². The molecule has 1 unspecified atom stereocenters. The Hall–Kier alpha value is -3.23. The Bertz CT molecular complexity index is 876. The lowest BCUT2D eigenvalue weighted by atomic mass is 10.0. The highest BCUT2D eigenvalue weighted by molar-refractivity contribution is 6.24. The first-order chi connectivity index (χ1) is 13.0. The fraction of sp³-hybridized carbons (Fsp3) is 0.389. The van der Waals surface area contributed by atoms with E-state index in [9.17, 15) is 24.0 Å². The summed E-state index contributed by atoms with van der Waals surface area (Å²) in [6, 6.07) is 3.67. The average molecular weight is 371 g/mol. The number of imide groups is 2. The molecule has 2 heterocycles. The molecule has 5 amide bonds. The number of amides is 5. The molecule has 4 rings (SSSR count). The summed E-state index contributed by atoms with van der Waals surface area (Å²) in [7, 11) is 0. The van der Waals surface area contributed by atoms with Gasteiger partial charge in [-0.05, 0) is 31.4 Å². The number of benzene rings is 1. The van der Waals surface area contributed by atoms with Gasteiger partial charge in [-0.15, -0.1) is 0 Å². The molecule has 1 aliphatic carbocycles. The quantitative estimate of drug-likeness (QED) is 0.688. The van der Waals surface area contributed by atoms with Gasteiger partial charge >= 0.3 is 0 Å². The van der Waals surface area contributed by atoms with Gasteiger partial charge in [0, 0.05) is 12.5 Å². The summed E-state index contributed by atoms with van der Waals surface area (Å²) in [4.78, 5) is 61.6. The molecule has 0 radical (unpaired) electrons. The molecular formula is C18H17N3O6. The van der Waals surface area contributed by atoms with E-state index < -0.39 is 29.7 Å². The van der Waals surface area contributed by atoms with Crippen molar-refractivity contribution in [3.8, 4) is 5.75 Å². The van der Waals surface area contributed by atoms with Crippen LogP contribution >= 0.6 is 0 Å². The number of rotatable bonds is 5. The van der Waals surface area contributed by atoms with Crippen LogP contribution in [0.3, 0.4) is 0 Å². The van der Waals surface area contributed by atoms with Crippen LogP contribution in [0.25, 0.3) is 0 Å². The minimum atomic E-state index is -1.04. The molecule has 0 bridgehead atoms. The first kappa shape index (κ1) is 17.2. The predicted octanol–water partition coefficient (Wildman–Crippen LogP) is -0.255. The van der Waals surface area contributed by atoms with Gasteiger partial charge in [-0.3, -0.25) is 34.2 Å². The molecule has 1 saturated carbocycles. The Morgan fingerprint density at radius 1 is 1.15 bits per heavy atom. The number of fused-ring (bicyclic) bond motifs is 1. The standard InChI is InChI=1S/C18H17N3O6/c22-13-7-6-11(16(24)20-13)21-17(25)10-2-1-3-12(15(10)18(21)26)27-8-14(23)19-9-4-5-9/h1-3,9,11H,4-8H2,(H,19,23)(H,20,22,24). The van der Waals surface area contributed by atoms with Gasteiger partial charge in [0.25, 0.3) is 17.7 Å². The van der Waals surface area contributed by atoms with E-state index in [1.807, 2.05) is 0 Å². The van der Waals surface area contributed by atoms with Gasteiger partial charge in [-0.1, -0.05) is 6.07 Å². The van der Waals surface area contributed by atoms with Gasteiger partial charge in [-0.2, -0.15) is 0 Å². The van der Waals surface area contributed by atoms with E-state index in [1.54, 1.807) is 6.07 Å². The Labute approximate surface area is 154 Å². The number of ether oxygens (including phenoxy) is 1. The van der Waals surface area contributed by atoms with E-state index in [0.29, 0.717) is 0 Å². The second-order valence-electron chi connectivity index (χ2n) is 6.76. The molecule has 2 aliphatic heterocycles. The van der Waals surface area contributed by atoms with Crippen LogP contribution in [-0.2, 0) is 14.4 Å². The van der Waals surface area contributed by atoms with E-state index >= 15 is 0 Å². The highest BCUT2D eigenvalue weighted by Gasteiger charge is 2.46. The number of hydrogen-bond donors (Lipinski definition) is 2. The third-order valence-corrected chi connectivity index (χ3v) is 4.73. The summed E-state index contributed by atoms with van der Waals surface area (Å²) in [5.74, 6) is -2.56. The van der Waals surface area contributed by atoms with Gasteiger partial charge in [-0.25, -0.2) is 0 Å². The van der Waals surface area contributed by atoms with Gasteiger partial charge < -0.3 is 10.1 Å². The first-order valence-electron chi connectivity index (χ1n) is 8.72. The number of nitrogens with one attached hydrogen (secondary N) is 2. The second-order valence-corrected chi connectivity index (χ2v) is 6.76. The van der Waals surface area contributed by atoms with Crippen LogP contribution in [0.1, 0.15) is 46.4 Å². The van der Waals surface area contributed by atoms with Crippen molar-refractivity contribution in [2.75, 3.05) is 6.61 Å². The normalized spacial score (nSPS) is 21.8. The molecule has 0 aromatic heterocycles. The van der Waals surface area contributed by atoms with Gasteiger partial charge in [0.1, 0.15) is 11.8 Å². The Kier molecular flexibility index (Phi) is 4.14. The molecule has 3 aliphatic rings. The lowest BCUT2D eigenvalue weighted by molar-refractivity contribution is -0.136. The van der Waals surface area contributed by atoms with Gasteiger partial charge in [0.15, 0.2) is 6.61 Å². The third-order valence-electron chi connectivity index (χ3n) is 4.73. The van der Waals surface area contributed by atoms with E-state index in [4.69, 9.17) is 4.74 Å². The maximum atomic E-state index is 12.8. The maximum absolute atomic E-state index is 12.8. The number of nitrogens with zero attached hydrogens (tertiary/aromatic N) is 1. The zero-order valence-corrected chi connectivity index (χ0v) is 14.3. The van der Waals surface area contributed by atoms with Gasteiger partial charge in [0.05, 0.1) is 11.1 Å². The number of piperidine rings is 1. The van der Waals surface area contributed by atoms with Crippen molar-refractivity contribution < 1.29 is 28.7 Å². The largest absolute Gasteiger partial charge is 0.483 e. The molecule has 1 atom stereocenters. The van der Waals surface area contributed by atoms with Crippen LogP contribution in [0.2, 0.25) is 0 Å². The summed E-state index contributed by atoms with van der Waals surface area (Å²) >= 11 is 0. The molecule has 2 N–H and O–H groups in total. The fourth-order valence-electron chi connectivity index (χ4n) is 3.24. The summed E-state index contributed by atoms with van der Waals surface area (Å²) in [6.07, 6.45) is 2.02. The first-order valence-corrected chi connectivity index (χ1v) is 8.72. The van der Waals surface area contributed by atoms with E-state index in [-0.39, 0.29) is 48.3 Å². The van der Waals surface area contributed by atoms with Crippen molar-refractivity contribution in [1.82, 2.24) is 15.5 Å². The minimum Gasteiger partial charge on any atom is -0.483 e. The molecule has 9 nitrogen and oxygen atoms in total. The molecule has 27 heavy (non-hydrogen) atoms. The summed E-state index contributed by atoms with van der Waals surface area (Å²) in [5, 5.41) is 4.92. The Morgan fingerprint density at radius 3 is 2.63 bits per heavy atom. The lowest BCUT2D eigenvalue weighted by Crippen LogP contribution is -2.54. The van der Waals surface area contributed by atoms with Crippen molar-refractivity contribution in [2.45, 2.75) is 37.8 Å². The predicted molar refractivity (Wildman–Crippen MR) is 89.8 cm³/mol. The third kappa shape index (κ3) is 3.16. The van der Waals surface area contributed by atoms with E-state index in [2.05, 4.69) is 10.6 Å². The molecule has 2 fully saturated rings. The molecule has 1 aromatic rings. The summed E-state index contributed by atoms with van der Waals surface area (Å²) in [6.45, 7) is -0.271. The highest BCUT2D eigenvalue weighted by atomic mass is 16.5. The summed E-state index contributed by atoms with van der Waals surface area (Å²) in [5.41, 5.74) is 0.149. The van der Waals surface area contributed by atoms with E-state index in [0.717, 1.165) is 17.7 Å². The molecule has 1 saturated heterocycles. The van der Waals surface area contributed by atoms with Crippen molar-refractivity contribution in [2.24, 2.45) is 0 Å². The van der Waals surface area contributed by atoms with Crippen LogP contribution in [-0.4, -0.2) is 53.1 Å². The highest BCUT2D eigenvalue weighted by Crippen LogP contribution is 2.33. The Balaban J connectivity index is 1.54. The minimum absolute atomic E-state index is 0.0337. The molecule has 0 spiro atoms. The lowest BCUT2D eigenvalue weighted by Gasteiger charge is -2.27. The van der Waals surface area contributed by atoms with Crippen LogP contribution in [0.5, 0.6) is 5.75 Å². The molecular weight excluding hydrogens is 354 g/mol. The number of hydrogen-bond acceptors (Lipinski definition) is 6. The van der Waals surface area contributed by atoms with Gasteiger partial charge in [0.2, 0.25) is 11.8 Å². The van der Waals surface area contributed by atoms with Crippen LogP contribution in [0.15, 0.2) is 18.2 Å². The Morgan fingerprint density at radius 2 is 1.93 bits per heavy atom. The zero-order valence-electron chi connectivity index (χ0n) is 14.3. The average Bonchev–Trinajstić information content (AvgIpc) is 3.41. The molecule has 1 aromatic carbocycles. The summed E-state index contributed by atoms with van der Waals surface area (Å²) < 4.78 is 5.47. The van der Waals surface area contributed by atoms with Crippen LogP contribution in [0.4, 0.5) is 0 Å². The maximum Gasteiger partial charge on any atom is 0.266 e. The number of carbonyl (C=O) groups excluding carboxylic acids is 5. The monoisotopic (exact) mass is 371 g/mol. The van der Waals surface area contributed by atoms with E-state index in [1.165, 1.54) is 12.1 Å². The molecule has 140 valence electrons. The second kappa shape index (κ2) is 6.49. The van der Waals surface area contributed by atoms with Crippen molar-refractivity contribution in [3.63, 3.8) is 0 Å². The number of carbonyl (C=O) groups is 5.